The fraction of sp³-hybridized carbons (Fsp3) is 0.412. The van der Waals surface area contributed by atoms with E-state index in [2.05, 4.69) is 0 Å². The molecule has 0 aliphatic carbocycles. The van der Waals surface area contributed by atoms with Gasteiger partial charge in [-0.15, -0.1) is 11.3 Å². The van der Waals surface area contributed by atoms with Gasteiger partial charge in [0.05, 0.1) is 19.8 Å². The molecule has 1 aromatic carbocycles. The highest BCUT2D eigenvalue weighted by atomic mass is 32.2. The van der Waals surface area contributed by atoms with Crippen LogP contribution in [0.2, 0.25) is 0 Å². The Kier molecular flexibility index (Phi) is 4.96. The highest BCUT2D eigenvalue weighted by molar-refractivity contribution is 7.91. The molecule has 0 bridgehead atoms. The quantitative estimate of drug-likeness (QED) is 0.833. The number of aryl methyl sites for hydroxylation is 1. The maximum absolute atomic E-state index is 12.9. The molecular weight excluding hydrogens is 346 g/mol. The third-order valence-electron chi connectivity index (χ3n) is 4.14. The number of hydrogen-bond acceptors (Lipinski definition) is 5. The lowest BCUT2D eigenvalue weighted by Crippen LogP contribution is -2.47. The van der Waals surface area contributed by atoms with E-state index < -0.39 is 10.0 Å². The Morgan fingerprint density at radius 1 is 1.21 bits per heavy atom. The molecule has 7 heteroatoms. The molecule has 24 heavy (non-hydrogen) atoms. The van der Waals surface area contributed by atoms with Crippen molar-refractivity contribution < 1.29 is 17.9 Å². The summed E-state index contributed by atoms with van der Waals surface area (Å²) >= 11 is 1.31. The Balaban J connectivity index is 1.85. The molecule has 130 valence electrons. The summed E-state index contributed by atoms with van der Waals surface area (Å²) < 4.78 is 38.9. The number of ether oxygens (including phenoxy) is 2. The molecule has 2 aromatic rings. The van der Waals surface area contributed by atoms with Crippen LogP contribution in [0.1, 0.15) is 23.5 Å². The van der Waals surface area contributed by atoms with Crippen molar-refractivity contribution in [3.8, 4) is 5.75 Å². The van der Waals surface area contributed by atoms with E-state index in [1.807, 2.05) is 44.2 Å². The summed E-state index contributed by atoms with van der Waals surface area (Å²) in [5, 5.41) is 0. The van der Waals surface area contributed by atoms with Crippen LogP contribution in [0.15, 0.2) is 40.6 Å². The van der Waals surface area contributed by atoms with Gasteiger partial charge in [-0.2, -0.15) is 4.31 Å². The topological polar surface area (TPSA) is 55.8 Å². The van der Waals surface area contributed by atoms with Gasteiger partial charge in [0, 0.05) is 17.5 Å². The summed E-state index contributed by atoms with van der Waals surface area (Å²) in [5.74, 6) is 0.765. The minimum atomic E-state index is -3.50. The molecule has 0 amide bonds. The Morgan fingerprint density at radius 3 is 2.50 bits per heavy atom. The number of sulfonamides is 1. The molecule has 5 nitrogen and oxygen atoms in total. The smallest absolute Gasteiger partial charge is 0.252 e. The van der Waals surface area contributed by atoms with Crippen molar-refractivity contribution in [1.29, 1.82) is 0 Å². The molecule has 2 unspecified atom stereocenters. The van der Waals surface area contributed by atoms with Crippen molar-refractivity contribution in [3.63, 3.8) is 0 Å². The van der Waals surface area contributed by atoms with Crippen molar-refractivity contribution in [2.45, 2.75) is 30.2 Å². The zero-order valence-corrected chi connectivity index (χ0v) is 15.6. The number of hydrogen-bond donors (Lipinski definition) is 0. The second-order valence-corrected chi connectivity index (χ2v) is 9.29. The third-order valence-corrected chi connectivity index (χ3v) is 7.59. The molecule has 3 rings (SSSR count). The predicted molar refractivity (Wildman–Crippen MR) is 94.1 cm³/mol. The van der Waals surface area contributed by atoms with Crippen LogP contribution < -0.4 is 4.74 Å². The molecule has 1 aromatic heterocycles. The lowest BCUT2D eigenvalue weighted by atomic mass is 10.1. The summed E-state index contributed by atoms with van der Waals surface area (Å²) in [5.41, 5.74) is 0.949. The fourth-order valence-corrected chi connectivity index (χ4v) is 5.79. The molecule has 0 saturated carbocycles. The maximum Gasteiger partial charge on any atom is 0.252 e. The minimum Gasteiger partial charge on any atom is -0.497 e. The Bertz CT molecular complexity index is 798. The average Bonchev–Trinajstić information content (AvgIpc) is 3.02. The molecule has 2 atom stereocenters. The van der Waals surface area contributed by atoms with Gasteiger partial charge in [-0.25, -0.2) is 8.42 Å². The summed E-state index contributed by atoms with van der Waals surface area (Å²) in [4.78, 5) is 0.987. The zero-order chi connectivity index (χ0) is 17.3. The maximum atomic E-state index is 12.9. The van der Waals surface area contributed by atoms with Crippen LogP contribution in [0.25, 0.3) is 0 Å². The van der Waals surface area contributed by atoms with Gasteiger partial charge >= 0.3 is 0 Å². The lowest BCUT2D eigenvalue weighted by Gasteiger charge is -2.36. The van der Waals surface area contributed by atoms with Crippen molar-refractivity contribution in [3.05, 3.63) is 46.8 Å². The normalized spacial score (nSPS) is 22.5. The molecule has 1 fully saturated rings. The summed E-state index contributed by atoms with van der Waals surface area (Å²) in [6.07, 6.45) is -0.275. The molecule has 0 N–H and O–H groups in total. The summed E-state index contributed by atoms with van der Waals surface area (Å²) in [6, 6.07) is 10.9. The number of methoxy groups -OCH3 is 1. The van der Waals surface area contributed by atoms with Gasteiger partial charge in [-0.3, -0.25) is 0 Å². The van der Waals surface area contributed by atoms with Gasteiger partial charge in [0.1, 0.15) is 9.96 Å². The van der Waals surface area contributed by atoms with Crippen LogP contribution >= 0.6 is 11.3 Å². The van der Waals surface area contributed by atoms with Crippen molar-refractivity contribution in [1.82, 2.24) is 4.31 Å². The molecule has 0 radical (unpaired) electrons. The molecular formula is C17H21NO4S2. The van der Waals surface area contributed by atoms with E-state index in [1.165, 1.54) is 11.3 Å². The van der Waals surface area contributed by atoms with Gasteiger partial charge in [0.2, 0.25) is 0 Å². The highest BCUT2D eigenvalue weighted by Crippen LogP contribution is 2.32. The average molecular weight is 367 g/mol. The fourth-order valence-electron chi connectivity index (χ4n) is 2.76. The largest absolute Gasteiger partial charge is 0.497 e. The monoisotopic (exact) mass is 367 g/mol. The first-order valence-electron chi connectivity index (χ1n) is 7.75. The summed E-state index contributed by atoms with van der Waals surface area (Å²) in [7, 11) is -1.88. The number of benzene rings is 1. The van der Waals surface area contributed by atoms with Gasteiger partial charge < -0.3 is 9.47 Å². The van der Waals surface area contributed by atoms with E-state index in [9.17, 15) is 8.42 Å². The first-order chi connectivity index (χ1) is 11.4. The predicted octanol–water partition coefficient (Wildman–Crippen LogP) is 3.22. The van der Waals surface area contributed by atoms with E-state index in [0.29, 0.717) is 17.4 Å². The van der Waals surface area contributed by atoms with E-state index in [-0.39, 0.29) is 12.1 Å². The van der Waals surface area contributed by atoms with Crippen LogP contribution in [0.4, 0.5) is 0 Å². The Labute approximate surface area is 146 Å². The van der Waals surface area contributed by atoms with E-state index in [1.54, 1.807) is 17.5 Å². The number of morpholine rings is 1. The van der Waals surface area contributed by atoms with Crippen LogP contribution in [0.3, 0.4) is 0 Å². The van der Waals surface area contributed by atoms with Gasteiger partial charge in [-0.05, 0) is 43.7 Å². The number of nitrogens with zero attached hydrogens (tertiary/aromatic N) is 1. The first kappa shape index (κ1) is 17.4. The lowest BCUT2D eigenvalue weighted by molar-refractivity contribution is -0.0288. The van der Waals surface area contributed by atoms with Crippen molar-refractivity contribution in [2.75, 3.05) is 20.3 Å². The molecule has 1 aliphatic rings. The van der Waals surface area contributed by atoms with Gasteiger partial charge in [0.15, 0.2) is 0 Å². The number of thiophene rings is 1. The zero-order valence-electron chi connectivity index (χ0n) is 13.9. The standard InChI is InChI=1S/C17H21NO4S2/c1-12-11-22-16(14-5-7-15(21-3)8-6-14)10-18(12)24(19,20)17-9-4-13(2)23-17/h4-9,12,16H,10-11H2,1-3H3. The van der Waals surface area contributed by atoms with Crippen LogP contribution in [-0.4, -0.2) is 39.0 Å². The van der Waals surface area contributed by atoms with Gasteiger partial charge in [0.25, 0.3) is 10.0 Å². The van der Waals surface area contributed by atoms with E-state index in [4.69, 9.17) is 9.47 Å². The summed E-state index contributed by atoms with van der Waals surface area (Å²) in [6.45, 7) is 4.47. The van der Waals surface area contributed by atoms with E-state index >= 15 is 0 Å². The molecule has 1 saturated heterocycles. The molecule has 2 heterocycles. The van der Waals surface area contributed by atoms with Gasteiger partial charge in [-0.1, -0.05) is 12.1 Å². The Morgan fingerprint density at radius 2 is 1.92 bits per heavy atom. The van der Waals surface area contributed by atoms with Crippen LogP contribution in [-0.2, 0) is 14.8 Å². The van der Waals surface area contributed by atoms with Crippen molar-refractivity contribution in [2.24, 2.45) is 0 Å². The Hall–Kier alpha value is -1.41. The minimum absolute atomic E-state index is 0.188. The van der Waals surface area contributed by atoms with Crippen LogP contribution in [0.5, 0.6) is 5.75 Å². The molecule has 0 spiro atoms. The first-order valence-corrected chi connectivity index (χ1v) is 10.0. The second-order valence-electron chi connectivity index (χ2n) is 5.88. The third kappa shape index (κ3) is 3.35. The SMILES string of the molecule is COc1ccc(C2CN(S(=O)(=O)c3ccc(C)s3)C(C)CO2)cc1. The number of rotatable bonds is 4. The van der Waals surface area contributed by atoms with E-state index in [0.717, 1.165) is 16.2 Å². The second kappa shape index (κ2) is 6.84. The highest BCUT2D eigenvalue weighted by Gasteiger charge is 2.36. The van der Waals surface area contributed by atoms with Crippen LogP contribution in [0, 0.1) is 6.92 Å². The molecule has 1 aliphatic heterocycles. The van der Waals surface area contributed by atoms with Crippen molar-refractivity contribution >= 4 is 21.4 Å².